The van der Waals surface area contributed by atoms with Crippen molar-refractivity contribution in [2.24, 2.45) is 5.10 Å². The second kappa shape index (κ2) is 8.73. The van der Waals surface area contributed by atoms with E-state index in [4.69, 9.17) is 4.74 Å². The number of carbonyl (C=O) groups is 2. The zero-order chi connectivity index (χ0) is 18.2. The largest absolute Gasteiger partial charge is 0.451 e. The van der Waals surface area contributed by atoms with Crippen LogP contribution < -0.4 is 5.43 Å². The Hall–Kier alpha value is -3.25. The molecule has 3 aromatic rings. The number of hydrazone groups is 1. The van der Waals surface area contributed by atoms with E-state index in [-0.39, 0.29) is 0 Å². The summed E-state index contributed by atoms with van der Waals surface area (Å²) in [6, 6.07) is 22.5. The van der Waals surface area contributed by atoms with E-state index < -0.39 is 18.5 Å². The van der Waals surface area contributed by atoms with Crippen LogP contribution >= 0.6 is 11.3 Å². The molecule has 1 N–H and O–H groups in total. The van der Waals surface area contributed by atoms with Gasteiger partial charge in [0.25, 0.3) is 5.91 Å². The average Bonchev–Trinajstić information content (AvgIpc) is 3.23. The first-order chi connectivity index (χ1) is 12.7. The van der Waals surface area contributed by atoms with Crippen LogP contribution in [-0.2, 0) is 9.53 Å². The summed E-state index contributed by atoms with van der Waals surface area (Å²) in [7, 11) is 0. The van der Waals surface area contributed by atoms with Crippen LogP contribution in [0.3, 0.4) is 0 Å². The van der Waals surface area contributed by atoms with Gasteiger partial charge in [-0.05, 0) is 11.4 Å². The summed E-state index contributed by atoms with van der Waals surface area (Å²) in [5.74, 6) is -1.02. The lowest BCUT2D eigenvalue weighted by Crippen LogP contribution is -2.26. The van der Waals surface area contributed by atoms with Gasteiger partial charge >= 0.3 is 5.97 Å². The number of thiophene rings is 1. The molecule has 0 spiro atoms. The lowest BCUT2D eigenvalue weighted by molar-refractivity contribution is -0.124. The third kappa shape index (κ3) is 4.64. The van der Waals surface area contributed by atoms with Gasteiger partial charge in [0.2, 0.25) is 0 Å². The molecule has 0 fully saturated rings. The number of esters is 1. The van der Waals surface area contributed by atoms with Crippen LogP contribution in [0.5, 0.6) is 0 Å². The van der Waals surface area contributed by atoms with Crippen molar-refractivity contribution in [1.82, 2.24) is 5.43 Å². The number of amides is 1. The molecule has 1 heterocycles. The first-order valence-corrected chi connectivity index (χ1v) is 8.80. The highest BCUT2D eigenvalue weighted by molar-refractivity contribution is 7.11. The Kier molecular flexibility index (Phi) is 5.90. The van der Waals surface area contributed by atoms with E-state index in [2.05, 4.69) is 10.5 Å². The van der Waals surface area contributed by atoms with Gasteiger partial charge in [-0.2, -0.15) is 5.10 Å². The minimum atomic E-state index is -0.523. The second-order valence-electron chi connectivity index (χ2n) is 5.28. The molecule has 0 atom stereocenters. The lowest BCUT2D eigenvalue weighted by Gasteiger charge is -2.08. The molecule has 130 valence electrons. The topological polar surface area (TPSA) is 67.8 Å². The molecule has 0 bridgehead atoms. The molecule has 0 aliphatic rings. The molecule has 6 heteroatoms. The van der Waals surface area contributed by atoms with Gasteiger partial charge in [-0.15, -0.1) is 11.3 Å². The van der Waals surface area contributed by atoms with E-state index in [1.165, 1.54) is 11.3 Å². The standard InChI is InChI=1S/C20H16N2O3S/c23-18(14-25-20(24)17-12-7-13-26-17)21-22-19(15-8-3-1-4-9-15)16-10-5-2-6-11-16/h1-13H,14H2,(H,21,23). The molecule has 0 unspecified atom stereocenters. The summed E-state index contributed by atoms with van der Waals surface area (Å²) in [5, 5.41) is 6.00. The number of ether oxygens (including phenoxy) is 1. The summed E-state index contributed by atoms with van der Waals surface area (Å²) in [5.41, 5.74) is 4.82. The molecule has 0 aliphatic heterocycles. The molecule has 0 saturated heterocycles. The fourth-order valence-corrected chi connectivity index (χ4v) is 2.85. The van der Waals surface area contributed by atoms with Gasteiger partial charge < -0.3 is 4.74 Å². The van der Waals surface area contributed by atoms with E-state index in [0.29, 0.717) is 10.6 Å². The molecule has 2 aromatic carbocycles. The SMILES string of the molecule is O=C(COC(=O)c1cccs1)NN=C(c1ccccc1)c1ccccc1. The summed E-state index contributed by atoms with van der Waals surface area (Å²) in [4.78, 5) is 24.2. The predicted molar refractivity (Wildman–Crippen MR) is 101 cm³/mol. The Bertz CT molecular complexity index is 850. The summed E-state index contributed by atoms with van der Waals surface area (Å²) in [6.07, 6.45) is 0. The quantitative estimate of drug-likeness (QED) is 0.414. The number of nitrogens with zero attached hydrogens (tertiary/aromatic N) is 1. The van der Waals surface area contributed by atoms with Crippen molar-refractivity contribution in [3.05, 3.63) is 94.2 Å². The zero-order valence-electron chi connectivity index (χ0n) is 13.8. The van der Waals surface area contributed by atoms with Crippen molar-refractivity contribution in [2.75, 3.05) is 6.61 Å². The maximum atomic E-state index is 12.0. The molecule has 1 aromatic heterocycles. The van der Waals surface area contributed by atoms with Gasteiger partial charge in [-0.25, -0.2) is 10.2 Å². The third-order valence-corrected chi connectivity index (χ3v) is 4.29. The van der Waals surface area contributed by atoms with Crippen molar-refractivity contribution >= 4 is 28.9 Å². The minimum Gasteiger partial charge on any atom is -0.451 e. The number of nitrogens with one attached hydrogen (secondary N) is 1. The summed E-state index contributed by atoms with van der Waals surface area (Å²) < 4.78 is 4.98. The van der Waals surface area contributed by atoms with E-state index in [1.54, 1.807) is 17.5 Å². The van der Waals surface area contributed by atoms with Crippen LogP contribution in [0, 0.1) is 0 Å². The Labute approximate surface area is 154 Å². The highest BCUT2D eigenvalue weighted by Gasteiger charge is 2.12. The first-order valence-electron chi connectivity index (χ1n) is 7.92. The normalized spacial score (nSPS) is 10.0. The Morgan fingerprint density at radius 1 is 0.885 bits per heavy atom. The van der Waals surface area contributed by atoms with E-state index in [1.807, 2.05) is 60.7 Å². The molecule has 0 saturated carbocycles. The second-order valence-corrected chi connectivity index (χ2v) is 6.23. The molecule has 0 radical (unpaired) electrons. The molecule has 5 nitrogen and oxygen atoms in total. The highest BCUT2D eigenvalue weighted by Crippen LogP contribution is 2.11. The number of carbonyl (C=O) groups excluding carboxylic acids is 2. The maximum absolute atomic E-state index is 12.0. The fraction of sp³-hybridized carbons (Fsp3) is 0.0500. The Balaban J connectivity index is 1.68. The number of hydrogen-bond donors (Lipinski definition) is 1. The van der Waals surface area contributed by atoms with Crippen LogP contribution in [0.1, 0.15) is 20.8 Å². The van der Waals surface area contributed by atoms with Crippen LogP contribution in [0.25, 0.3) is 0 Å². The van der Waals surface area contributed by atoms with Crippen LogP contribution in [0.2, 0.25) is 0 Å². The Morgan fingerprint density at radius 2 is 1.50 bits per heavy atom. The van der Waals surface area contributed by atoms with Crippen molar-refractivity contribution in [1.29, 1.82) is 0 Å². The van der Waals surface area contributed by atoms with Gasteiger partial charge in [-0.1, -0.05) is 66.7 Å². The molecular formula is C20H16N2O3S. The highest BCUT2D eigenvalue weighted by atomic mass is 32.1. The molecular weight excluding hydrogens is 348 g/mol. The zero-order valence-corrected chi connectivity index (χ0v) is 14.6. The minimum absolute atomic E-state index is 0.392. The maximum Gasteiger partial charge on any atom is 0.348 e. The van der Waals surface area contributed by atoms with Gasteiger partial charge in [-0.3, -0.25) is 4.79 Å². The van der Waals surface area contributed by atoms with Crippen molar-refractivity contribution in [3.8, 4) is 0 Å². The van der Waals surface area contributed by atoms with Crippen LogP contribution in [0.15, 0.2) is 83.3 Å². The van der Waals surface area contributed by atoms with Gasteiger partial charge in [0.1, 0.15) is 4.88 Å². The first kappa shape index (κ1) is 17.6. The molecule has 3 rings (SSSR count). The fourth-order valence-electron chi connectivity index (χ4n) is 2.24. The Morgan fingerprint density at radius 3 is 2.04 bits per heavy atom. The summed E-state index contributed by atoms with van der Waals surface area (Å²) in [6.45, 7) is -0.392. The number of rotatable bonds is 6. The van der Waals surface area contributed by atoms with E-state index in [9.17, 15) is 9.59 Å². The van der Waals surface area contributed by atoms with Gasteiger partial charge in [0.15, 0.2) is 6.61 Å². The number of hydrogen-bond acceptors (Lipinski definition) is 5. The van der Waals surface area contributed by atoms with E-state index in [0.717, 1.165) is 11.1 Å². The van der Waals surface area contributed by atoms with Crippen LogP contribution in [-0.4, -0.2) is 24.2 Å². The monoisotopic (exact) mass is 364 g/mol. The van der Waals surface area contributed by atoms with Crippen molar-refractivity contribution in [3.63, 3.8) is 0 Å². The smallest absolute Gasteiger partial charge is 0.348 e. The third-order valence-electron chi connectivity index (χ3n) is 3.44. The van der Waals surface area contributed by atoms with Crippen molar-refractivity contribution < 1.29 is 14.3 Å². The number of benzene rings is 2. The average molecular weight is 364 g/mol. The van der Waals surface area contributed by atoms with Crippen LogP contribution in [0.4, 0.5) is 0 Å². The molecule has 1 amide bonds. The van der Waals surface area contributed by atoms with Gasteiger partial charge in [0.05, 0.1) is 5.71 Å². The lowest BCUT2D eigenvalue weighted by atomic mass is 10.0. The van der Waals surface area contributed by atoms with E-state index >= 15 is 0 Å². The summed E-state index contributed by atoms with van der Waals surface area (Å²) >= 11 is 1.26. The van der Waals surface area contributed by atoms with Gasteiger partial charge in [0, 0.05) is 11.1 Å². The molecule has 26 heavy (non-hydrogen) atoms. The predicted octanol–water partition coefficient (Wildman–Crippen LogP) is 3.47. The van der Waals surface area contributed by atoms with Crippen molar-refractivity contribution in [2.45, 2.75) is 0 Å². The molecule has 0 aliphatic carbocycles.